The van der Waals surface area contributed by atoms with E-state index in [2.05, 4.69) is 10.2 Å². The maximum absolute atomic E-state index is 11.1. The Bertz CT molecular complexity index is 486. The standard InChI is InChI=1S/C14H20N2O3/c1-10(18)15-11-4-5-12-13(8-11)19-7-6-16(12)14(2,3)9-17/h4-5,8,17H,6-7,9H2,1-3H3,(H,15,18). The molecule has 19 heavy (non-hydrogen) atoms. The number of ether oxygens (including phenoxy) is 1. The number of aliphatic hydroxyl groups excluding tert-OH is 1. The molecule has 0 radical (unpaired) electrons. The quantitative estimate of drug-likeness (QED) is 0.870. The highest BCUT2D eigenvalue weighted by Gasteiger charge is 2.30. The molecule has 0 spiro atoms. The van der Waals surface area contributed by atoms with Crippen LogP contribution in [-0.2, 0) is 4.79 Å². The lowest BCUT2D eigenvalue weighted by Crippen LogP contribution is -2.50. The lowest BCUT2D eigenvalue weighted by Gasteiger charge is -2.42. The van der Waals surface area contributed by atoms with Crippen LogP contribution in [0.3, 0.4) is 0 Å². The third-order valence-electron chi connectivity index (χ3n) is 3.26. The van der Waals surface area contributed by atoms with Crippen LogP contribution in [0.1, 0.15) is 20.8 Å². The van der Waals surface area contributed by atoms with Gasteiger partial charge < -0.3 is 20.1 Å². The first-order valence-corrected chi connectivity index (χ1v) is 6.37. The van der Waals surface area contributed by atoms with Gasteiger partial charge in [-0.3, -0.25) is 4.79 Å². The molecule has 0 aliphatic carbocycles. The minimum absolute atomic E-state index is 0.0693. The number of hydrogen-bond donors (Lipinski definition) is 2. The van der Waals surface area contributed by atoms with E-state index in [0.29, 0.717) is 6.61 Å². The Morgan fingerprint density at radius 1 is 1.53 bits per heavy atom. The van der Waals surface area contributed by atoms with Crippen LogP contribution < -0.4 is 15.0 Å². The SMILES string of the molecule is CC(=O)Nc1ccc2c(c1)OCCN2C(C)(C)CO. The van der Waals surface area contributed by atoms with Crippen molar-refractivity contribution in [2.75, 3.05) is 30.0 Å². The number of amides is 1. The Morgan fingerprint density at radius 3 is 2.89 bits per heavy atom. The van der Waals surface area contributed by atoms with Crippen LogP contribution in [0.2, 0.25) is 0 Å². The van der Waals surface area contributed by atoms with Crippen LogP contribution in [0.25, 0.3) is 0 Å². The van der Waals surface area contributed by atoms with E-state index in [1.807, 2.05) is 32.0 Å². The van der Waals surface area contributed by atoms with Crippen LogP contribution in [0, 0.1) is 0 Å². The van der Waals surface area contributed by atoms with E-state index in [4.69, 9.17) is 4.74 Å². The van der Waals surface area contributed by atoms with Gasteiger partial charge in [-0.15, -0.1) is 0 Å². The third-order valence-corrected chi connectivity index (χ3v) is 3.26. The molecule has 0 aromatic heterocycles. The van der Waals surface area contributed by atoms with Crippen molar-refractivity contribution in [2.24, 2.45) is 0 Å². The highest BCUT2D eigenvalue weighted by molar-refractivity contribution is 5.89. The summed E-state index contributed by atoms with van der Waals surface area (Å²) in [4.78, 5) is 13.2. The summed E-state index contributed by atoms with van der Waals surface area (Å²) in [5.41, 5.74) is 1.32. The minimum atomic E-state index is -0.339. The Kier molecular flexibility index (Phi) is 3.66. The normalized spacial score (nSPS) is 14.6. The topological polar surface area (TPSA) is 61.8 Å². The van der Waals surface area contributed by atoms with E-state index in [0.717, 1.165) is 23.7 Å². The van der Waals surface area contributed by atoms with Gasteiger partial charge >= 0.3 is 0 Å². The number of fused-ring (bicyclic) bond motifs is 1. The fraction of sp³-hybridized carbons (Fsp3) is 0.500. The van der Waals surface area contributed by atoms with Gasteiger partial charge in [0.05, 0.1) is 24.4 Å². The molecule has 0 unspecified atom stereocenters. The summed E-state index contributed by atoms with van der Waals surface area (Å²) in [6, 6.07) is 5.57. The second kappa shape index (κ2) is 5.09. The van der Waals surface area contributed by atoms with Gasteiger partial charge in [0, 0.05) is 18.7 Å². The Hall–Kier alpha value is -1.75. The maximum atomic E-state index is 11.1. The number of nitrogens with zero attached hydrogens (tertiary/aromatic N) is 1. The first kappa shape index (κ1) is 13.7. The number of benzene rings is 1. The Balaban J connectivity index is 2.33. The van der Waals surface area contributed by atoms with Gasteiger partial charge in [-0.1, -0.05) is 0 Å². The average Bonchev–Trinajstić information content (AvgIpc) is 2.37. The van der Waals surface area contributed by atoms with Crippen molar-refractivity contribution in [3.8, 4) is 5.75 Å². The van der Waals surface area contributed by atoms with Crippen LogP contribution in [0.15, 0.2) is 18.2 Å². The number of nitrogens with one attached hydrogen (secondary N) is 1. The summed E-state index contributed by atoms with van der Waals surface area (Å²) >= 11 is 0. The number of anilines is 2. The molecule has 0 atom stereocenters. The molecule has 0 saturated heterocycles. The second-order valence-corrected chi connectivity index (χ2v) is 5.33. The molecule has 2 rings (SSSR count). The van der Waals surface area contributed by atoms with Gasteiger partial charge in [-0.25, -0.2) is 0 Å². The predicted octanol–water partition coefficient (Wildman–Crippen LogP) is 1.61. The van der Waals surface area contributed by atoms with E-state index >= 15 is 0 Å². The number of carbonyl (C=O) groups excluding carboxylic acids is 1. The fourth-order valence-electron chi connectivity index (χ4n) is 2.22. The lowest BCUT2D eigenvalue weighted by atomic mass is 10.0. The Labute approximate surface area is 113 Å². The van der Waals surface area contributed by atoms with Crippen molar-refractivity contribution in [3.63, 3.8) is 0 Å². The van der Waals surface area contributed by atoms with E-state index in [1.165, 1.54) is 6.92 Å². The van der Waals surface area contributed by atoms with Gasteiger partial charge in [0.1, 0.15) is 12.4 Å². The molecule has 104 valence electrons. The predicted molar refractivity (Wildman–Crippen MR) is 74.8 cm³/mol. The molecular formula is C14H20N2O3. The van der Waals surface area contributed by atoms with Gasteiger partial charge in [0.2, 0.25) is 5.91 Å². The van der Waals surface area contributed by atoms with Crippen LogP contribution >= 0.6 is 0 Å². The molecule has 0 bridgehead atoms. The zero-order valence-electron chi connectivity index (χ0n) is 11.6. The smallest absolute Gasteiger partial charge is 0.221 e. The van der Waals surface area contributed by atoms with E-state index < -0.39 is 0 Å². The van der Waals surface area contributed by atoms with Crippen LogP contribution in [0.4, 0.5) is 11.4 Å². The average molecular weight is 264 g/mol. The second-order valence-electron chi connectivity index (χ2n) is 5.33. The summed E-state index contributed by atoms with van der Waals surface area (Å²) in [6.45, 7) is 6.83. The summed E-state index contributed by atoms with van der Waals surface area (Å²) in [5, 5.41) is 12.2. The summed E-state index contributed by atoms with van der Waals surface area (Å²) in [7, 11) is 0. The van der Waals surface area contributed by atoms with Crippen molar-refractivity contribution in [1.29, 1.82) is 0 Å². The molecule has 2 N–H and O–H groups in total. The first-order chi connectivity index (χ1) is 8.94. The van der Waals surface area contributed by atoms with E-state index in [1.54, 1.807) is 0 Å². The van der Waals surface area contributed by atoms with Gasteiger partial charge in [0.25, 0.3) is 0 Å². The number of carbonyl (C=O) groups is 1. The van der Waals surface area contributed by atoms with Crippen molar-refractivity contribution in [3.05, 3.63) is 18.2 Å². The molecule has 0 fully saturated rings. The minimum Gasteiger partial charge on any atom is -0.489 e. The molecular weight excluding hydrogens is 244 g/mol. The summed E-state index contributed by atoms with van der Waals surface area (Å²) < 4.78 is 5.64. The number of rotatable bonds is 3. The monoisotopic (exact) mass is 264 g/mol. The van der Waals surface area contributed by atoms with Crippen molar-refractivity contribution in [2.45, 2.75) is 26.3 Å². The lowest BCUT2D eigenvalue weighted by molar-refractivity contribution is -0.114. The largest absolute Gasteiger partial charge is 0.489 e. The molecule has 1 heterocycles. The van der Waals surface area contributed by atoms with E-state index in [9.17, 15) is 9.90 Å². The number of hydrogen-bond acceptors (Lipinski definition) is 4. The fourth-order valence-corrected chi connectivity index (χ4v) is 2.22. The van der Waals surface area contributed by atoms with Gasteiger partial charge in [-0.05, 0) is 26.0 Å². The highest BCUT2D eigenvalue weighted by atomic mass is 16.5. The maximum Gasteiger partial charge on any atom is 0.221 e. The third kappa shape index (κ3) is 2.81. The molecule has 5 nitrogen and oxygen atoms in total. The zero-order chi connectivity index (χ0) is 14.0. The summed E-state index contributed by atoms with van der Waals surface area (Å²) in [6.07, 6.45) is 0. The van der Waals surface area contributed by atoms with E-state index in [-0.39, 0.29) is 18.1 Å². The number of aliphatic hydroxyl groups is 1. The highest BCUT2D eigenvalue weighted by Crippen LogP contribution is 2.37. The molecule has 1 aliphatic rings. The van der Waals surface area contributed by atoms with Gasteiger partial charge in [0.15, 0.2) is 0 Å². The zero-order valence-corrected chi connectivity index (χ0v) is 11.6. The molecule has 1 aromatic rings. The molecule has 0 saturated carbocycles. The van der Waals surface area contributed by atoms with Gasteiger partial charge in [-0.2, -0.15) is 0 Å². The summed E-state index contributed by atoms with van der Waals surface area (Å²) in [5.74, 6) is 0.627. The molecule has 5 heteroatoms. The van der Waals surface area contributed by atoms with Crippen LogP contribution in [-0.4, -0.2) is 36.3 Å². The molecule has 1 amide bonds. The van der Waals surface area contributed by atoms with Crippen molar-refractivity contribution < 1.29 is 14.6 Å². The Morgan fingerprint density at radius 2 is 2.26 bits per heavy atom. The molecule has 1 aromatic carbocycles. The van der Waals surface area contributed by atoms with Crippen LogP contribution in [0.5, 0.6) is 5.75 Å². The van der Waals surface area contributed by atoms with Crippen molar-refractivity contribution in [1.82, 2.24) is 0 Å². The molecule has 1 aliphatic heterocycles. The first-order valence-electron chi connectivity index (χ1n) is 6.37. The van der Waals surface area contributed by atoms with Crippen molar-refractivity contribution >= 4 is 17.3 Å².